The number of nitrogens with one attached hydrogen (secondary N) is 1. The van der Waals surface area contributed by atoms with Crippen LogP contribution in [0.15, 0.2) is 95.3 Å². The summed E-state index contributed by atoms with van der Waals surface area (Å²) < 4.78 is 6.42. The molecule has 4 aromatic carbocycles. The van der Waals surface area contributed by atoms with Gasteiger partial charge in [0.25, 0.3) is 5.69 Å². The maximum Gasteiger partial charge on any atom is 0.269 e. The van der Waals surface area contributed by atoms with Gasteiger partial charge in [0, 0.05) is 59.5 Å². The van der Waals surface area contributed by atoms with Crippen LogP contribution in [0, 0.1) is 10.1 Å². The van der Waals surface area contributed by atoms with Crippen molar-refractivity contribution in [2.45, 2.75) is 13.8 Å². The van der Waals surface area contributed by atoms with Crippen LogP contribution < -0.4 is 9.64 Å². The Bertz CT molecular complexity index is 1570. The lowest BCUT2D eigenvalue weighted by Gasteiger charge is -2.21. The van der Waals surface area contributed by atoms with Gasteiger partial charge in [-0.2, -0.15) is 5.11 Å². The predicted molar refractivity (Wildman–Crippen MR) is 143 cm³/mol. The van der Waals surface area contributed by atoms with Crippen molar-refractivity contribution >= 4 is 44.4 Å². The van der Waals surface area contributed by atoms with Gasteiger partial charge in [0.2, 0.25) is 0 Å². The largest absolute Gasteiger partial charge is 0.454 e. The van der Waals surface area contributed by atoms with E-state index in [1.165, 1.54) is 17.8 Å². The number of hydrogen-bond acceptors (Lipinski definition) is 6. The molecule has 8 nitrogen and oxygen atoms in total. The molecule has 0 atom stereocenters. The van der Waals surface area contributed by atoms with Crippen LogP contribution in [-0.2, 0) is 0 Å². The molecule has 8 heteroatoms. The van der Waals surface area contributed by atoms with E-state index >= 15 is 0 Å². The van der Waals surface area contributed by atoms with Crippen LogP contribution in [0.5, 0.6) is 11.5 Å². The molecule has 0 saturated carbocycles. The maximum atomic E-state index is 10.9. The number of aromatic nitrogens is 1. The predicted octanol–water partition coefficient (Wildman–Crippen LogP) is 8.28. The number of ether oxygens (including phenoxy) is 1. The second kappa shape index (κ2) is 9.87. The van der Waals surface area contributed by atoms with Gasteiger partial charge in [-0.25, -0.2) is 0 Å². The normalized spacial score (nSPS) is 11.4. The third kappa shape index (κ3) is 4.61. The van der Waals surface area contributed by atoms with E-state index in [1.807, 2.05) is 36.5 Å². The average Bonchev–Trinajstić information content (AvgIpc) is 3.35. The lowest BCUT2D eigenvalue weighted by atomic mass is 10.1. The fourth-order valence-corrected chi connectivity index (χ4v) is 4.22. The number of nitro groups is 1. The first kappa shape index (κ1) is 23.0. The van der Waals surface area contributed by atoms with Gasteiger partial charge < -0.3 is 14.6 Å². The summed E-state index contributed by atoms with van der Waals surface area (Å²) in [7, 11) is 0. The van der Waals surface area contributed by atoms with Gasteiger partial charge in [-0.05, 0) is 67.8 Å². The van der Waals surface area contributed by atoms with Crippen molar-refractivity contribution in [3.05, 3.63) is 95.2 Å². The summed E-state index contributed by atoms with van der Waals surface area (Å²) in [5, 5.41) is 22.7. The smallest absolute Gasteiger partial charge is 0.269 e. The van der Waals surface area contributed by atoms with Crippen LogP contribution in [-0.4, -0.2) is 23.0 Å². The molecule has 0 saturated heterocycles. The Morgan fingerprint density at radius 1 is 0.889 bits per heavy atom. The molecule has 0 unspecified atom stereocenters. The highest BCUT2D eigenvalue weighted by Crippen LogP contribution is 2.39. The summed E-state index contributed by atoms with van der Waals surface area (Å²) in [5.74, 6) is 1.27. The molecule has 0 aliphatic heterocycles. The molecule has 1 aromatic heterocycles. The Balaban J connectivity index is 1.51. The van der Waals surface area contributed by atoms with Gasteiger partial charge in [-0.3, -0.25) is 10.1 Å². The Morgan fingerprint density at radius 2 is 1.69 bits per heavy atom. The summed E-state index contributed by atoms with van der Waals surface area (Å²) >= 11 is 0. The summed E-state index contributed by atoms with van der Waals surface area (Å²) in [6.07, 6.45) is 1.86. The first-order valence-corrected chi connectivity index (χ1v) is 11.8. The standard InChI is InChI=1S/C28H25N5O3/c1-3-32(4-2)23-12-13-24-19(16-23)6-5-7-27(24)36-28-18-25-20(14-15-29-25)17-26(28)31-30-21-8-10-22(11-9-21)33(34)35/h5-18,29H,3-4H2,1-2H3. The maximum absolute atomic E-state index is 10.9. The number of hydrogen-bond donors (Lipinski definition) is 1. The molecule has 0 radical (unpaired) electrons. The topological polar surface area (TPSA) is 96.1 Å². The van der Waals surface area contributed by atoms with E-state index in [4.69, 9.17) is 4.74 Å². The zero-order valence-electron chi connectivity index (χ0n) is 20.0. The second-order valence-electron chi connectivity index (χ2n) is 8.29. The first-order chi connectivity index (χ1) is 17.6. The molecule has 5 aromatic rings. The quantitative estimate of drug-likeness (QED) is 0.138. The minimum atomic E-state index is -0.443. The number of non-ortho nitro benzene ring substituents is 1. The third-order valence-electron chi connectivity index (χ3n) is 6.14. The number of azo groups is 1. The van der Waals surface area contributed by atoms with Gasteiger partial charge >= 0.3 is 0 Å². The minimum Gasteiger partial charge on any atom is -0.454 e. The Labute approximate surface area is 208 Å². The minimum absolute atomic E-state index is 0.00632. The first-order valence-electron chi connectivity index (χ1n) is 11.8. The van der Waals surface area contributed by atoms with Crippen LogP contribution in [0.2, 0.25) is 0 Å². The fourth-order valence-electron chi connectivity index (χ4n) is 4.22. The molecule has 0 fully saturated rings. The third-order valence-corrected chi connectivity index (χ3v) is 6.14. The number of anilines is 1. The molecule has 1 N–H and O–H groups in total. The van der Waals surface area contributed by atoms with E-state index < -0.39 is 4.92 Å². The molecule has 0 aliphatic rings. The fraction of sp³-hybridized carbons (Fsp3) is 0.143. The van der Waals surface area contributed by atoms with E-state index in [0.29, 0.717) is 17.1 Å². The highest BCUT2D eigenvalue weighted by atomic mass is 16.6. The Kier molecular flexibility index (Phi) is 6.32. The number of aromatic amines is 1. The zero-order valence-corrected chi connectivity index (χ0v) is 20.0. The van der Waals surface area contributed by atoms with Crippen molar-refractivity contribution in [3.63, 3.8) is 0 Å². The van der Waals surface area contributed by atoms with Crippen LogP contribution >= 0.6 is 0 Å². The van der Waals surface area contributed by atoms with Gasteiger partial charge in [0.15, 0.2) is 5.75 Å². The summed E-state index contributed by atoms with van der Waals surface area (Å²) in [6.45, 7) is 6.18. The van der Waals surface area contributed by atoms with E-state index in [9.17, 15) is 10.1 Å². The molecule has 5 rings (SSSR count). The van der Waals surface area contributed by atoms with Crippen molar-refractivity contribution in [2.75, 3.05) is 18.0 Å². The lowest BCUT2D eigenvalue weighted by molar-refractivity contribution is -0.384. The number of rotatable bonds is 8. The highest BCUT2D eigenvalue weighted by molar-refractivity contribution is 5.92. The molecule has 0 spiro atoms. The molecule has 36 heavy (non-hydrogen) atoms. The summed E-state index contributed by atoms with van der Waals surface area (Å²) in [5.41, 5.74) is 3.16. The van der Waals surface area contributed by atoms with E-state index in [0.717, 1.165) is 40.5 Å². The Hall–Kier alpha value is -4.72. The summed E-state index contributed by atoms with van der Waals surface area (Å²) in [6, 6.07) is 24.1. The highest BCUT2D eigenvalue weighted by Gasteiger charge is 2.12. The van der Waals surface area contributed by atoms with E-state index in [1.54, 1.807) is 12.1 Å². The molecule has 1 heterocycles. The van der Waals surface area contributed by atoms with Crippen molar-refractivity contribution in [2.24, 2.45) is 10.2 Å². The van der Waals surface area contributed by atoms with Crippen molar-refractivity contribution in [3.8, 4) is 11.5 Å². The average molecular weight is 480 g/mol. The molecular weight excluding hydrogens is 454 g/mol. The van der Waals surface area contributed by atoms with Crippen LogP contribution in [0.1, 0.15) is 13.8 Å². The lowest BCUT2D eigenvalue weighted by Crippen LogP contribution is -2.21. The monoisotopic (exact) mass is 479 g/mol. The molecule has 0 aliphatic carbocycles. The van der Waals surface area contributed by atoms with Crippen molar-refractivity contribution in [1.29, 1.82) is 0 Å². The Morgan fingerprint density at radius 3 is 2.44 bits per heavy atom. The van der Waals surface area contributed by atoms with E-state index in [-0.39, 0.29) is 5.69 Å². The number of nitrogens with zero attached hydrogens (tertiary/aromatic N) is 4. The molecule has 0 amide bonds. The molecular formula is C28H25N5O3. The number of H-pyrrole nitrogens is 1. The van der Waals surface area contributed by atoms with Gasteiger partial charge in [0.1, 0.15) is 11.4 Å². The van der Waals surface area contributed by atoms with Gasteiger partial charge in [-0.1, -0.05) is 12.1 Å². The molecule has 180 valence electrons. The van der Waals surface area contributed by atoms with Crippen LogP contribution in [0.3, 0.4) is 0 Å². The van der Waals surface area contributed by atoms with Crippen LogP contribution in [0.4, 0.5) is 22.7 Å². The number of benzene rings is 4. The van der Waals surface area contributed by atoms with E-state index in [2.05, 4.69) is 58.2 Å². The van der Waals surface area contributed by atoms with Crippen molar-refractivity contribution in [1.82, 2.24) is 4.98 Å². The van der Waals surface area contributed by atoms with Crippen molar-refractivity contribution < 1.29 is 9.66 Å². The van der Waals surface area contributed by atoms with Crippen LogP contribution in [0.25, 0.3) is 21.7 Å². The summed E-state index contributed by atoms with van der Waals surface area (Å²) in [4.78, 5) is 16.0. The van der Waals surface area contributed by atoms with Gasteiger partial charge in [-0.15, -0.1) is 5.11 Å². The van der Waals surface area contributed by atoms with Gasteiger partial charge in [0.05, 0.1) is 10.6 Å². The second-order valence-corrected chi connectivity index (χ2v) is 8.29. The number of fused-ring (bicyclic) bond motifs is 2. The SMILES string of the molecule is CCN(CC)c1ccc2c(Oc3cc4[nH]ccc4cc3N=Nc3ccc([N+](=O)[O-])cc3)cccc2c1. The molecule has 0 bridgehead atoms. The zero-order chi connectivity index (χ0) is 25.1. The number of nitro benzene ring substituents is 1.